The number of aryl methyl sites for hydroxylation is 1. The highest BCUT2D eigenvalue weighted by atomic mass is 32.2. The summed E-state index contributed by atoms with van der Waals surface area (Å²) >= 11 is 0. The van der Waals surface area contributed by atoms with Gasteiger partial charge >= 0.3 is 0 Å². The number of nitrogens with zero attached hydrogens (tertiary/aromatic N) is 2. The molecule has 6 nitrogen and oxygen atoms in total. The zero-order chi connectivity index (χ0) is 19.4. The Hall–Kier alpha value is -2.45. The van der Waals surface area contributed by atoms with Crippen LogP contribution in [0.3, 0.4) is 0 Å². The summed E-state index contributed by atoms with van der Waals surface area (Å²) in [5.74, 6) is -0.717. The third kappa shape index (κ3) is 4.28. The first kappa shape index (κ1) is 19.3. The maximum atomic E-state index is 13.8. The molecule has 8 heteroatoms. The molecule has 0 aromatic heterocycles. The van der Waals surface area contributed by atoms with E-state index in [9.17, 15) is 22.7 Å². The largest absolute Gasteiger partial charge is 0.508 e. The van der Waals surface area contributed by atoms with Crippen molar-refractivity contribution in [1.29, 1.82) is 0 Å². The number of benzene rings is 2. The Labute approximate surface area is 157 Å². The molecule has 0 aliphatic carbocycles. The second kappa shape index (κ2) is 8.06. The Morgan fingerprint density at radius 3 is 2.30 bits per heavy atom. The number of carbonyl (C=O) groups excluding carboxylic acids is 1. The fraction of sp³-hybridized carbons (Fsp3) is 0.316. The van der Waals surface area contributed by atoms with Crippen molar-refractivity contribution >= 4 is 15.9 Å². The van der Waals surface area contributed by atoms with Crippen LogP contribution in [-0.2, 0) is 21.2 Å². The van der Waals surface area contributed by atoms with Crippen molar-refractivity contribution in [3.05, 3.63) is 59.9 Å². The van der Waals surface area contributed by atoms with Gasteiger partial charge in [0.1, 0.15) is 16.5 Å². The Balaban J connectivity index is 1.58. The van der Waals surface area contributed by atoms with Crippen LogP contribution < -0.4 is 0 Å². The molecule has 0 atom stereocenters. The topological polar surface area (TPSA) is 77.9 Å². The predicted molar refractivity (Wildman–Crippen MR) is 98.2 cm³/mol. The lowest BCUT2D eigenvalue weighted by atomic mass is 10.1. The molecule has 0 saturated carbocycles. The predicted octanol–water partition coefficient (Wildman–Crippen LogP) is 2.00. The normalized spacial score (nSPS) is 15.7. The molecular formula is C19H21FN2O4S. The second-order valence-electron chi connectivity index (χ2n) is 6.34. The highest BCUT2D eigenvalue weighted by molar-refractivity contribution is 7.89. The van der Waals surface area contributed by atoms with E-state index in [4.69, 9.17) is 0 Å². The van der Waals surface area contributed by atoms with Gasteiger partial charge in [-0.1, -0.05) is 30.3 Å². The lowest BCUT2D eigenvalue weighted by Gasteiger charge is -2.34. The van der Waals surface area contributed by atoms with Crippen molar-refractivity contribution in [3.63, 3.8) is 0 Å². The van der Waals surface area contributed by atoms with E-state index in [0.29, 0.717) is 12.0 Å². The number of phenols is 1. The molecule has 1 saturated heterocycles. The van der Waals surface area contributed by atoms with Gasteiger partial charge in [-0.15, -0.1) is 0 Å². The highest BCUT2D eigenvalue weighted by Crippen LogP contribution is 2.21. The summed E-state index contributed by atoms with van der Waals surface area (Å²) < 4.78 is 40.2. The Morgan fingerprint density at radius 1 is 1.00 bits per heavy atom. The maximum absolute atomic E-state index is 13.8. The molecule has 1 aliphatic heterocycles. The van der Waals surface area contributed by atoms with E-state index in [1.54, 1.807) is 29.2 Å². The van der Waals surface area contributed by atoms with Crippen LogP contribution in [0.25, 0.3) is 0 Å². The van der Waals surface area contributed by atoms with E-state index < -0.39 is 15.8 Å². The number of piperazine rings is 1. The van der Waals surface area contributed by atoms with Crippen molar-refractivity contribution < 1.29 is 22.7 Å². The molecule has 1 heterocycles. The quantitative estimate of drug-likeness (QED) is 0.844. The Bertz CT molecular complexity index is 925. The molecule has 3 rings (SSSR count). The number of hydrogen-bond acceptors (Lipinski definition) is 4. The van der Waals surface area contributed by atoms with Crippen molar-refractivity contribution in [2.75, 3.05) is 26.2 Å². The molecule has 1 N–H and O–H groups in total. The molecular weight excluding hydrogens is 371 g/mol. The smallest absolute Gasteiger partial charge is 0.246 e. The molecule has 144 valence electrons. The number of carbonyl (C=O) groups is 1. The highest BCUT2D eigenvalue weighted by Gasteiger charge is 2.31. The van der Waals surface area contributed by atoms with Gasteiger partial charge < -0.3 is 10.0 Å². The SMILES string of the molecule is O=C(CCc1ccccc1O)N1CCN(S(=O)(=O)c2ccccc2F)CC1. The molecule has 27 heavy (non-hydrogen) atoms. The van der Waals surface area contributed by atoms with E-state index in [1.807, 2.05) is 0 Å². The van der Waals surface area contributed by atoms with Crippen LogP contribution in [0.15, 0.2) is 53.4 Å². The number of halogens is 1. The molecule has 1 fully saturated rings. The summed E-state index contributed by atoms with van der Waals surface area (Å²) in [5.41, 5.74) is 0.701. The van der Waals surface area contributed by atoms with Crippen LogP contribution in [0.5, 0.6) is 5.75 Å². The van der Waals surface area contributed by atoms with Crippen LogP contribution >= 0.6 is 0 Å². The molecule has 0 bridgehead atoms. The fourth-order valence-electron chi connectivity index (χ4n) is 3.09. The Kier molecular flexibility index (Phi) is 5.76. The van der Waals surface area contributed by atoms with Crippen LogP contribution in [0.2, 0.25) is 0 Å². The van der Waals surface area contributed by atoms with Gasteiger partial charge in [0.15, 0.2) is 0 Å². The lowest BCUT2D eigenvalue weighted by molar-refractivity contribution is -0.132. The van der Waals surface area contributed by atoms with Gasteiger partial charge in [-0.2, -0.15) is 4.31 Å². The molecule has 2 aromatic carbocycles. The summed E-state index contributed by atoms with van der Waals surface area (Å²) in [5, 5.41) is 9.76. The van der Waals surface area contributed by atoms with E-state index >= 15 is 0 Å². The van der Waals surface area contributed by atoms with E-state index in [1.165, 1.54) is 22.5 Å². The van der Waals surface area contributed by atoms with Crippen molar-refractivity contribution in [2.45, 2.75) is 17.7 Å². The molecule has 1 aliphatic rings. The van der Waals surface area contributed by atoms with Crippen molar-refractivity contribution in [3.8, 4) is 5.75 Å². The van der Waals surface area contributed by atoms with Gasteiger partial charge in [0.25, 0.3) is 0 Å². The zero-order valence-corrected chi connectivity index (χ0v) is 15.5. The number of rotatable bonds is 5. The number of hydrogen-bond donors (Lipinski definition) is 1. The minimum Gasteiger partial charge on any atom is -0.508 e. The molecule has 1 amide bonds. The van der Waals surface area contributed by atoms with Crippen LogP contribution in [-0.4, -0.2) is 54.8 Å². The average Bonchev–Trinajstić information content (AvgIpc) is 2.67. The van der Waals surface area contributed by atoms with Crippen LogP contribution in [0, 0.1) is 5.82 Å². The minimum absolute atomic E-state index is 0.0961. The van der Waals surface area contributed by atoms with Crippen LogP contribution in [0.4, 0.5) is 4.39 Å². The summed E-state index contributed by atoms with van der Waals surface area (Å²) in [4.78, 5) is 13.6. The second-order valence-corrected chi connectivity index (χ2v) is 8.25. The number of sulfonamides is 1. The van der Waals surface area contributed by atoms with Gasteiger partial charge in [-0.3, -0.25) is 4.79 Å². The first-order valence-electron chi connectivity index (χ1n) is 8.69. The number of aromatic hydroxyl groups is 1. The van der Waals surface area contributed by atoms with Gasteiger partial charge in [0.05, 0.1) is 0 Å². The summed E-state index contributed by atoms with van der Waals surface area (Å²) in [7, 11) is -3.92. The maximum Gasteiger partial charge on any atom is 0.246 e. The zero-order valence-electron chi connectivity index (χ0n) is 14.7. The average molecular weight is 392 g/mol. The lowest BCUT2D eigenvalue weighted by Crippen LogP contribution is -2.50. The van der Waals surface area contributed by atoms with E-state index in [-0.39, 0.29) is 49.2 Å². The van der Waals surface area contributed by atoms with Crippen LogP contribution in [0.1, 0.15) is 12.0 Å². The standard InChI is InChI=1S/C19H21FN2O4S/c20-16-6-2-4-8-18(16)27(25,26)22-13-11-21(12-14-22)19(24)10-9-15-5-1-3-7-17(15)23/h1-8,23H,9-14H2. The van der Waals surface area contributed by atoms with E-state index in [2.05, 4.69) is 0 Å². The molecule has 0 radical (unpaired) electrons. The van der Waals surface area contributed by atoms with Gasteiger partial charge in [-0.25, -0.2) is 12.8 Å². The minimum atomic E-state index is -3.92. The van der Waals surface area contributed by atoms with Crippen molar-refractivity contribution in [1.82, 2.24) is 9.21 Å². The van der Waals surface area contributed by atoms with Gasteiger partial charge in [-0.05, 0) is 30.2 Å². The third-order valence-electron chi connectivity index (χ3n) is 4.65. The van der Waals surface area contributed by atoms with Gasteiger partial charge in [0, 0.05) is 32.6 Å². The van der Waals surface area contributed by atoms with Gasteiger partial charge in [0.2, 0.25) is 15.9 Å². The fourth-order valence-corrected chi connectivity index (χ4v) is 4.58. The summed E-state index contributed by atoms with van der Waals surface area (Å²) in [6, 6.07) is 12.1. The third-order valence-corrected chi connectivity index (χ3v) is 6.58. The number of para-hydroxylation sites is 1. The molecule has 2 aromatic rings. The van der Waals surface area contributed by atoms with E-state index in [0.717, 1.165) is 6.07 Å². The van der Waals surface area contributed by atoms with Crippen molar-refractivity contribution in [2.24, 2.45) is 0 Å². The first-order valence-corrected chi connectivity index (χ1v) is 10.1. The number of amides is 1. The first-order chi connectivity index (χ1) is 12.9. The molecule has 0 unspecified atom stereocenters. The summed E-state index contributed by atoms with van der Waals surface area (Å²) in [6.45, 7) is 0.762. The molecule has 0 spiro atoms. The summed E-state index contributed by atoms with van der Waals surface area (Å²) in [6.07, 6.45) is 0.650. The number of phenolic OH excluding ortho intramolecular Hbond substituents is 1. The Morgan fingerprint density at radius 2 is 1.63 bits per heavy atom. The monoisotopic (exact) mass is 392 g/mol.